The van der Waals surface area contributed by atoms with Gasteiger partial charge in [0.2, 0.25) is 23.6 Å². The van der Waals surface area contributed by atoms with Crippen molar-refractivity contribution in [1.82, 2.24) is 20.9 Å². The standard InChI is InChI=1S/C48H64N4O6Si/c1-5-42(58-59(47(2,3)4,36-24-13-7-14-25-36)37-26-15-8-16-27-37)41(53)30-18-9-17-28-38-43(54)51-48(31-19-10-20-32-48)46(57)50-39(34-35-22-11-6-12-23-35)45(56)52-33-21-29-40(52)44(55)49-38/h6-8,11-16,22-27,38-40,42H,5,9-10,17-21,28-34H2,1-4H3,(H,49,55)(H,50,57)(H,51,54)/t38-,39-,40+,42+/m0/s1. The molecular formula is C48H64N4O6Si. The molecular weight excluding hydrogens is 757 g/mol. The Morgan fingerprint density at radius 1 is 0.780 bits per heavy atom. The number of hydrogen-bond acceptors (Lipinski definition) is 6. The molecule has 11 heteroatoms. The van der Waals surface area contributed by atoms with E-state index < -0.39 is 38.1 Å². The van der Waals surface area contributed by atoms with Gasteiger partial charge in [-0.05, 0) is 65.9 Å². The van der Waals surface area contributed by atoms with Gasteiger partial charge in [-0.15, -0.1) is 0 Å². The second-order valence-electron chi connectivity index (χ2n) is 17.8. The van der Waals surface area contributed by atoms with E-state index in [4.69, 9.17) is 4.43 Å². The molecule has 2 heterocycles. The lowest BCUT2D eigenvalue weighted by Gasteiger charge is -2.44. The number of amides is 4. The fourth-order valence-corrected chi connectivity index (χ4v) is 14.3. The van der Waals surface area contributed by atoms with Crippen molar-refractivity contribution in [2.75, 3.05) is 6.54 Å². The van der Waals surface area contributed by atoms with E-state index in [1.807, 2.05) is 73.7 Å². The van der Waals surface area contributed by atoms with E-state index >= 15 is 0 Å². The van der Waals surface area contributed by atoms with Gasteiger partial charge in [0.1, 0.15) is 29.8 Å². The maximum absolute atomic E-state index is 14.3. The van der Waals surface area contributed by atoms with Crippen LogP contribution in [0.1, 0.15) is 117 Å². The van der Waals surface area contributed by atoms with Gasteiger partial charge >= 0.3 is 0 Å². The van der Waals surface area contributed by atoms with Gasteiger partial charge < -0.3 is 25.3 Å². The zero-order valence-electron chi connectivity index (χ0n) is 35.5. The van der Waals surface area contributed by atoms with Crippen molar-refractivity contribution in [3.8, 4) is 0 Å². The predicted octanol–water partition coefficient (Wildman–Crippen LogP) is 5.90. The summed E-state index contributed by atoms with van der Waals surface area (Å²) in [6.07, 6.45) is 7.37. The molecule has 0 radical (unpaired) electrons. The molecule has 3 N–H and O–H groups in total. The Labute approximate surface area is 351 Å². The van der Waals surface area contributed by atoms with Gasteiger partial charge in [-0.1, -0.05) is 151 Å². The molecule has 2 saturated heterocycles. The molecule has 3 fully saturated rings. The van der Waals surface area contributed by atoms with Crippen LogP contribution in [0.3, 0.4) is 0 Å². The normalized spacial score (nSPS) is 22.0. The van der Waals surface area contributed by atoms with Crippen LogP contribution in [0, 0.1) is 0 Å². The van der Waals surface area contributed by atoms with Crippen LogP contribution in [0.5, 0.6) is 0 Å². The van der Waals surface area contributed by atoms with E-state index in [-0.39, 0.29) is 40.9 Å². The van der Waals surface area contributed by atoms with E-state index in [2.05, 4.69) is 61.0 Å². The molecule has 4 amide bonds. The molecule has 2 aliphatic heterocycles. The highest BCUT2D eigenvalue weighted by atomic mass is 28.4. The van der Waals surface area contributed by atoms with Crippen LogP contribution in [-0.4, -0.2) is 78.9 Å². The number of nitrogens with one attached hydrogen (secondary N) is 3. The first-order chi connectivity index (χ1) is 28.4. The largest absolute Gasteiger partial charge is 0.397 e. The average Bonchev–Trinajstić information content (AvgIpc) is 3.74. The van der Waals surface area contributed by atoms with Gasteiger partial charge in [0.05, 0.1) is 0 Å². The van der Waals surface area contributed by atoms with Crippen molar-refractivity contribution in [3.05, 3.63) is 96.6 Å². The van der Waals surface area contributed by atoms with E-state index in [0.29, 0.717) is 70.8 Å². The number of carbonyl (C=O) groups is 5. The lowest BCUT2D eigenvalue weighted by molar-refractivity contribution is -0.145. The van der Waals surface area contributed by atoms with Crippen LogP contribution in [0.15, 0.2) is 91.0 Å². The minimum Gasteiger partial charge on any atom is -0.397 e. The molecule has 1 saturated carbocycles. The molecule has 59 heavy (non-hydrogen) atoms. The summed E-state index contributed by atoms with van der Waals surface area (Å²) >= 11 is 0. The number of carbonyl (C=O) groups excluding carboxylic acids is 5. The monoisotopic (exact) mass is 820 g/mol. The zero-order valence-corrected chi connectivity index (χ0v) is 36.5. The SMILES string of the molecule is CC[C@@H](O[Si](c1ccccc1)(c1ccccc1)C(C)(C)C)C(=O)CCCCC[C@@H]1NC(=O)[C@H]2CCCN2C(=O)[C@H](Cc2ccccc2)NC(=O)C2(CCCCC2)NC1=O. The number of fused-ring (bicyclic) bond motifs is 1. The molecule has 0 aromatic heterocycles. The van der Waals surface area contributed by atoms with Crippen molar-refractivity contribution in [2.24, 2.45) is 0 Å². The van der Waals surface area contributed by atoms with Crippen molar-refractivity contribution in [3.63, 3.8) is 0 Å². The molecule has 3 aromatic rings. The van der Waals surface area contributed by atoms with Gasteiger partial charge in [0.15, 0.2) is 5.78 Å². The molecule has 3 aliphatic rings. The number of nitrogens with zero attached hydrogens (tertiary/aromatic N) is 1. The van der Waals surface area contributed by atoms with Crippen molar-refractivity contribution < 1.29 is 28.4 Å². The predicted molar refractivity (Wildman–Crippen MR) is 234 cm³/mol. The Kier molecular flexibility index (Phi) is 14.6. The third kappa shape index (κ3) is 10.1. The maximum atomic E-state index is 14.3. The van der Waals surface area contributed by atoms with Gasteiger partial charge in [-0.25, -0.2) is 0 Å². The van der Waals surface area contributed by atoms with Crippen LogP contribution in [0.25, 0.3) is 0 Å². The smallest absolute Gasteiger partial charge is 0.262 e. The third-order valence-corrected chi connectivity index (χ3v) is 17.8. The Balaban J connectivity index is 1.14. The molecule has 316 valence electrons. The maximum Gasteiger partial charge on any atom is 0.262 e. The molecule has 0 unspecified atom stereocenters. The Hall–Kier alpha value is -4.61. The highest BCUT2D eigenvalue weighted by Crippen LogP contribution is 2.38. The number of benzene rings is 3. The first kappa shape index (κ1) is 44.0. The van der Waals surface area contributed by atoms with Crippen LogP contribution < -0.4 is 26.3 Å². The number of Topliss-reactive ketones (excluding diaryl/α,β-unsaturated/α-hetero) is 1. The number of ketones is 1. The first-order valence-electron chi connectivity index (χ1n) is 22.0. The van der Waals surface area contributed by atoms with Gasteiger partial charge in [-0.2, -0.15) is 0 Å². The average molecular weight is 821 g/mol. The molecule has 10 nitrogen and oxygen atoms in total. The molecule has 1 spiro atoms. The fraction of sp³-hybridized carbons (Fsp3) is 0.521. The quantitative estimate of drug-likeness (QED) is 0.137. The van der Waals surface area contributed by atoms with Crippen molar-refractivity contribution in [1.29, 1.82) is 0 Å². The van der Waals surface area contributed by atoms with Crippen LogP contribution in [0.2, 0.25) is 5.04 Å². The second kappa shape index (κ2) is 19.6. The van der Waals surface area contributed by atoms with Gasteiger partial charge in [0.25, 0.3) is 8.32 Å². The summed E-state index contributed by atoms with van der Waals surface area (Å²) < 4.78 is 7.20. The van der Waals surface area contributed by atoms with E-state index in [1.165, 1.54) is 0 Å². The Bertz CT molecular complexity index is 1860. The van der Waals surface area contributed by atoms with E-state index in [0.717, 1.165) is 35.2 Å². The summed E-state index contributed by atoms with van der Waals surface area (Å²) in [6.45, 7) is 9.05. The van der Waals surface area contributed by atoms with Crippen molar-refractivity contribution >= 4 is 48.1 Å². The fourth-order valence-electron chi connectivity index (χ4n) is 9.54. The Morgan fingerprint density at radius 2 is 1.39 bits per heavy atom. The van der Waals surface area contributed by atoms with Crippen LogP contribution in [-0.2, 0) is 34.8 Å². The summed E-state index contributed by atoms with van der Waals surface area (Å²) in [7, 11) is -2.93. The minimum atomic E-state index is -2.93. The highest BCUT2D eigenvalue weighted by molar-refractivity contribution is 6.99. The molecule has 3 aromatic carbocycles. The van der Waals surface area contributed by atoms with Crippen LogP contribution in [0.4, 0.5) is 0 Å². The number of rotatable bonds is 14. The summed E-state index contributed by atoms with van der Waals surface area (Å²) in [5.74, 6) is -1.28. The minimum absolute atomic E-state index is 0.0688. The highest BCUT2D eigenvalue weighted by Gasteiger charge is 2.52. The van der Waals surface area contributed by atoms with E-state index in [9.17, 15) is 24.0 Å². The van der Waals surface area contributed by atoms with Crippen molar-refractivity contribution in [2.45, 2.75) is 152 Å². The molecule has 6 rings (SSSR count). The third-order valence-electron chi connectivity index (χ3n) is 12.7. The topological polar surface area (TPSA) is 134 Å². The summed E-state index contributed by atoms with van der Waals surface area (Å²) in [6, 6.07) is 27.8. The molecule has 1 aliphatic carbocycles. The summed E-state index contributed by atoms with van der Waals surface area (Å²) in [5.41, 5.74) is -0.275. The lowest BCUT2D eigenvalue weighted by Crippen LogP contribution is -2.68. The van der Waals surface area contributed by atoms with E-state index in [1.54, 1.807) is 4.90 Å². The second-order valence-corrected chi connectivity index (χ2v) is 22.1. The van der Waals surface area contributed by atoms with Gasteiger partial charge in [-0.3, -0.25) is 24.0 Å². The lowest BCUT2D eigenvalue weighted by atomic mass is 9.80. The summed E-state index contributed by atoms with van der Waals surface area (Å²) in [4.78, 5) is 72.2. The Morgan fingerprint density at radius 3 is 1.98 bits per heavy atom. The molecule has 4 atom stereocenters. The number of hydrogen-bond donors (Lipinski definition) is 3. The summed E-state index contributed by atoms with van der Waals surface area (Å²) in [5, 5.41) is 11.2. The zero-order chi connectivity index (χ0) is 42.0. The first-order valence-corrected chi connectivity index (χ1v) is 23.9. The number of unbranched alkanes of at least 4 members (excludes halogenated alkanes) is 2. The molecule has 0 bridgehead atoms. The van der Waals surface area contributed by atoms with Crippen LogP contribution >= 0.6 is 0 Å². The van der Waals surface area contributed by atoms with Gasteiger partial charge in [0, 0.05) is 19.4 Å².